The van der Waals surface area contributed by atoms with Gasteiger partial charge in [0.25, 0.3) is 5.91 Å². The van der Waals surface area contributed by atoms with Crippen LogP contribution in [0.25, 0.3) is 0 Å². The van der Waals surface area contributed by atoms with E-state index in [4.69, 9.17) is 5.11 Å². The molecule has 20 heavy (non-hydrogen) atoms. The van der Waals surface area contributed by atoms with Gasteiger partial charge in [0.15, 0.2) is 0 Å². The first-order chi connectivity index (χ1) is 9.11. The molecule has 0 radical (unpaired) electrons. The van der Waals surface area contributed by atoms with Crippen LogP contribution >= 0.6 is 0 Å². The highest BCUT2D eigenvalue weighted by atomic mass is 19.4. The van der Waals surface area contributed by atoms with E-state index in [9.17, 15) is 27.2 Å². The number of benzene rings is 1. The van der Waals surface area contributed by atoms with Crippen LogP contribution in [0.4, 0.5) is 17.6 Å². The Bertz CT molecular complexity index is 567. The predicted molar refractivity (Wildman–Crippen MR) is 61.1 cm³/mol. The molecule has 1 aromatic rings. The maximum atomic E-state index is 13.5. The van der Waals surface area contributed by atoms with Crippen molar-refractivity contribution < 1.29 is 32.3 Å². The van der Waals surface area contributed by atoms with E-state index in [1.165, 1.54) is 6.92 Å². The summed E-state index contributed by atoms with van der Waals surface area (Å²) in [5, 5.41) is 11.0. The van der Waals surface area contributed by atoms with Gasteiger partial charge in [0.05, 0.1) is 16.7 Å². The number of rotatable bonds is 3. The van der Waals surface area contributed by atoms with E-state index in [-0.39, 0.29) is 12.6 Å². The average Bonchev–Trinajstić information content (AvgIpc) is 2.26. The minimum atomic E-state index is -4.97. The van der Waals surface area contributed by atoms with Crippen molar-refractivity contribution in [2.45, 2.75) is 20.0 Å². The van der Waals surface area contributed by atoms with Crippen molar-refractivity contribution >= 4 is 11.9 Å². The Hall–Kier alpha value is -2.12. The topological polar surface area (TPSA) is 66.4 Å². The number of alkyl halides is 3. The van der Waals surface area contributed by atoms with Crippen LogP contribution in [0, 0.1) is 12.7 Å². The zero-order valence-electron chi connectivity index (χ0n) is 10.6. The van der Waals surface area contributed by atoms with Gasteiger partial charge in [0, 0.05) is 6.54 Å². The molecule has 0 aliphatic rings. The highest BCUT2D eigenvalue weighted by Crippen LogP contribution is 2.35. The number of aromatic carboxylic acids is 1. The van der Waals surface area contributed by atoms with Crippen molar-refractivity contribution in [2.75, 3.05) is 6.54 Å². The van der Waals surface area contributed by atoms with Crippen LogP contribution in [0.2, 0.25) is 0 Å². The molecule has 0 heterocycles. The van der Waals surface area contributed by atoms with Crippen LogP contribution in [0.5, 0.6) is 0 Å². The van der Waals surface area contributed by atoms with E-state index >= 15 is 0 Å². The molecule has 8 heteroatoms. The van der Waals surface area contributed by atoms with Crippen LogP contribution in [0.15, 0.2) is 6.07 Å². The lowest BCUT2D eigenvalue weighted by Crippen LogP contribution is -2.28. The summed E-state index contributed by atoms with van der Waals surface area (Å²) in [6.45, 7) is 2.50. The molecule has 1 aromatic carbocycles. The minimum absolute atomic E-state index is 0.0288. The highest BCUT2D eigenvalue weighted by molar-refractivity contribution is 6.01. The largest absolute Gasteiger partial charge is 0.478 e. The molecule has 0 fully saturated rings. The van der Waals surface area contributed by atoms with Crippen molar-refractivity contribution in [3.8, 4) is 0 Å². The van der Waals surface area contributed by atoms with E-state index in [0.717, 1.165) is 6.92 Å². The Morgan fingerprint density at radius 2 is 1.85 bits per heavy atom. The van der Waals surface area contributed by atoms with Gasteiger partial charge >= 0.3 is 12.1 Å². The third-order valence-corrected chi connectivity index (χ3v) is 2.61. The van der Waals surface area contributed by atoms with E-state index in [2.05, 4.69) is 5.32 Å². The first-order valence-corrected chi connectivity index (χ1v) is 5.53. The average molecular weight is 293 g/mol. The Labute approximate surface area is 111 Å². The van der Waals surface area contributed by atoms with Gasteiger partial charge in [-0.25, -0.2) is 9.18 Å². The molecule has 0 atom stereocenters. The van der Waals surface area contributed by atoms with E-state index in [1.807, 2.05) is 0 Å². The summed E-state index contributed by atoms with van der Waals surface area (Å²) in [5.74, 6) is -4.37. The summed E-state index contributed by atoms with van der Waals surface area (Å²) < 4.78 is 52.1. The molecule has 0 spiro atoms. The molecule has 110 valence electrons. The smallest absolute Gasteiger partial charge is 0.417 e. The Morgan fingerprint density at radius 1 is 1.30 bits per heavy atom. The van der Waals surface area contributed by atoms with Gasteiger partial charge in [-0.05, 0) is 25.5 Å². The molecule has 0 unspecified atom stereocenters. The molecule has 1 rings (SSSR count). The summed E-state index contributed by atoms with van der Waals surface area (Å²) in [7, 11) is 0. The Kier molecular flexibility index (Phi) is 4.36. The van der Waals surface area contributed by atoms with Crippen LogP contribution in [-0.4, -0.2) is 23.5 Å². The molecule has 1 amide bonds. The molecule has 4 nitrogen and oxygen atoms in total. The number of amides is 1. The van der Waals surface area contributed by atoms with Gasteiger partial charge in [0.1, 0.15) is 5.82 Å². The van der Waals surface area contributed by atoms with Gasteiger partial charge in [-0.3, -0.25) is 4.79 Å². The van der Waals surface area contributed by atoms with Crippen LogP contribution < -0.4 is 5.32 Å². The third-order valence-electron chi connectivity index (χ3n) is 2.61. The van der Waals surface area contributed by atoms with E-state index in [1.54, 1.807) is 0 Å². The van der Waals surface area contributed by atoms with Crippen LogP contribution in [0.3, 0.4) is 0 Å². The molecule has 0 saturated heterocycles. The molecule has 0 aliphatic carbocycles. The lowest BCUT2D eigenvalue weighted by Gasteiger charge is -2.17. The monoisotopic (exact) mass is 293 g/mol. The highest BCUT2D eigenvalue weighted by Gasteiger charge is 2.38. The van der Waals surface area contributed by atoms with Crippen molar-refractivity contribution in [2.24, 2.45) is 0 Å². The summed E-state index contributed by atoms with van der Waals surface area (Å²) >= 11 is 0. The van der Waals surface area contributed by atoms with Crippen molar-refractivity contribution in [3.63, 3.8) is 0 Å². The summed E-state index contributed by atoms with van der Waals surface area (Å²) in [4.78, 5) is 22.6. The molecule has 0 aliphatic heterocycles. The Morgan fingerprint density at radius 3 is 2.25 bits per heavy atom. The van der Waals surface area contributed by atoms with Crippen LogP contribution in [0.1, 0.15) is 38.8 Å². The third kappa shape index (κ3) is 2.89. The normalized spacial score (nSPS) is 11.3. The number of hydrogen-bond acceptors (Lipinski definition) is 2. The van der Waals surface area contributed by atoms with Gasteiger partial charge < -0.3 is 10.4 Å². The van der Waals surface area contributed by atoms with Gasteiger partial charge in [-0.15, -0.1) is 0 Å². The lowest BCUT2D eigenvalue weighted by atomic mass is 9.95. The molecule has 2 N–H and O–H groups in total. The summed E-state index contributed by atoms with van der Waals surface area (Å²) in [6.07, 6.45) is -4.97. The second kappa shape index (κ2) is 5.48. The van der Waals surface area contributed by atoms with E-state index < -0.39 is 46.1 Å². The summed E-state index contributed by atoms with van der Waals surface area (Å²) in [6, 6.07) is 0.0288. The predicted octanol–water partition coefficient (Wildman–Crippen LogP) is 2.60. The van der Waals surface area contributed by atoms with Crippen molar-refractivity contribution in [3.05, 3.63) is 34.1 Å². The van der Waals surface area contributed by atoms with Gasteiger partial charge in [0.2, 0.25) is 0 Å². The summed E-state index contributed by atoms with van der Waals surface area (Å²) in [5.41, 5.74) is -3.88. The fourth-order valence-electron chi connectivity index (χ4n) is 1.80. The zero-order chi connectivity index (χ0) is 15.7. The van der Waals surface area contributed by atoms with E-state index in [0.29, 0.717) is 0 Å². The maximum absolute atomic E-state index is 13.5. The number of nitrogens with one attached hydrogen (secondary N) is 1. The first kappa shape index (κ1) is 15.9. The number of carboxylic acids is 1. The fourth-order valence-corrected chi connectivity index (χ4v) is 1.80. The molecule has 0 saturated carbocycles. The molecular formula is C12H11F4NO3. The zero-order valence-corrected chi connectivity index (χ0v) is 10.6. The quantitative estimate of drug-likeness (QED) is 0.842. The maximum Gasteiger partial charge on any atom is 0.417 e. The molecular weight excluding hydrogens is 282 g/mol. The van der Waals surface area contributed by atoms with Crippen molar-refractivity contribution in [1.82, 2.24) is 5.32 Å². The first-order valence-electron chi connectivity index (χ1n) is 5.53. The number of hydrogen-bond donors (Lipinski definition) is 2. The number of halogens is 4. The number of carbonyl (C=O) groups excluding carboxylic acids is 1. The van der Waals surface area contributed by atoms with Crippen molar-refractivity contribution in [1.29, 1.82) is 0 Å². The molecule has 0 aromatic heterocycles. The van der Waals surface area contributed by atoms with Crippen LogP contribution in [-0.2, 0) is 6.18 Å². The second-order valence-electron chi connectivity index (χ2n) is 3.94. The second-order valence-corrected chi connectivity index (χ2v) is 3.94. The Balaban J connectivity index is 3.70. The minimum Gasteiger partial charge on any atom is -0.478 e. The van der Waals surface area contributed by atoms with Gasteiger partial charge in [-0.2, -0.15) is 13.2 Å². The number of carboxylic acid groups (broad SMARTS) is 1. The SMILES string of the molecule is CCNC(=O)c1c(C(F)(F)F)cc(F)c(C(=O)O)c1C. The lowest BCUT2D eigenvalue weighted by molar-refractivity contribution is -0.138. The molecule has 0 bridgehead atoms. The standard InChI is InChI=1S/C12H11F4NO3/c1-3-17-10(18)8-5(2)9(11(19)20)7(13)4-6(8)12(14,15)16/h4H,3H2,1-2H3,(H,17,18)(H,19,20). The fraction of sp³-hybridized carbons (Fsp3) is 0.333. The number of carbonyl (C=O) groups is 2. The van der Waals surface area contributed by atoms with Gasteiger partial charge in [-0.1, -0.05) is 0 Å².